The molecule has 2 heterocycles. The van der Waals surface area contributed by atoms with Crippen LogP contribution >= 0.6 is 0 Å². The second-order valence-electron chi connectivity index (χ2n) is 2.92. The molecule has 0 saturated heterocycles. The number of carboxylic acid groups (broad SMARTS) is 1. The molecule has 2 aromatic heterocycles. The minimum Gasteiger partial charge on any atom is -0.475 e. The fourth-order valence-electron chi connectivity index (χ4n) is 1.13. The smallest absolute Gasteiger partial charge is 0.377 e. The highest BCUT2D eigenvalue weighted by atomic mass is 16.5. The molecule has 0 aliphatic rings. The zero-order valence-electron chi connectivity index (χ0n) is 7.84. The summed E-state index contributed by atoms with van der Waals surface area (Å²) in [4.78, 5) is 18.2. The van der Waals surface area contributed by atoms with E-state index in [4.69, 9.17) is 9.63 Å². The summed E-state index contributed by atoms with van der Waals surface area (Å²) in [6.45, 7) is 1.83. The second-order valence-corrected chi connectivity index (χ2v) is 2.92. The molecule has 0 aliphatic heterocycles. The van der Waals surface area contributed by atoms with E-state index in [-0.39, 0.29) is 11.7 Å². The molecule has 6 heteroatoms. The average Bonchev–Trinajstić information content (AvgIpc) is 2.67. The fraction of sp³-hybridized carbons (Fsp3) is 0.111. The molecular formula is C9H7N3O3. The Morgan fingerprint density at radius 2 is 2.33 bits per heavy atom. The molecule has 0 bridgehead atoms. The number of hydrogen-bond acceptors (Lipinski definition) is 5. The van der Waals surface area contributed by atoms with E-state index >= 15 is 0 Å². The van der Waals surface area contributed by atoms with E-state index in [1.807, 2.05) is 6.92 Å². The van der Waals surface area contributed by atoms with E-state index in [0.717, 1.165) is 5.56 Å². The van der Waals surface area contributed by atoms with Gasteiger partial charge >= 0.3 is 5.97 Å². The molecule has 0 spiro atoms. The molecule has 0 aliphatic carbocycles. The van der Waals surface area contributed by atoms with Crippen LogP contribution in [0.4, 0.5) is 0 Å². The van der Waals surface area contributed by atoms with E-state index in [1.165, 1.54) is 0 Å². The molecule has 0 fully saturated rings. The van der Waals surface area contributed by atoms with Crippen LogP contribution in [-0.2, 0) is 0 Å². The molecule has 1 N–H and O–H groups in total. The lowest BCUT2D eigenvalue weighted by atomic mass is 10.1. The summed E-state index contributed by atoms with van der Waals surface area (Å²) in [6, 6.07) is 1.69. The number of aromatic carboxylic acids is 1. The number of nitrogens with zero attached hydrogens (tertiary/aromatic N) is 3. The molecule has 15 heavy (non-hydrogen) atoms. The van der Waals surface area contributed by atoms with Gasteiger partial charge in [0.1, 0.15) is 0 Å². The normalized spacial score (nSPS) is 10.2. The molecule has 0 atom stereocenters. The van der Waals surface area contributed by atoms with Crippen LogP contribution in [0.25, 0.3) is 11.5 Å². The van der Waals surface area contributed by atoms with E-state index in [2.05, 4.69) is 15.1 Å². The topological polar surface area (TPSA) is 89.1 Å². The van der Waals surface area contributed by atoms with Crippen LogP contribution in [0.2, 0.25) is 0 Å². The number of aryl methyl sites for hydroxylation is 1. The third-order valence-electron chi connectivity index (χ3n) is 1.87. The maximum atomic E-state index is 10.5. The molecule has 76 valence electrons. The molecule has 2 aromatic rings. The van der Waals surface area contributed by atoms with E-state index in [1.54, 1.807) is 18.5 Å². The van der Waals surface area contributed by atoms with Gasteiger partial charge in [-0.15, -0.1) is 0 Å². The van der Waals surface area contributed by atoms with Gasteiger partial charge in [0, 0.05) is 18.0 Å². The second kappa shape index (κ2) is 3.49. The molecular weight excluding hydrogens is 198 g/mol. The predicted octanol–water partition coefficient (Wildman–Crippen LogP) is 1.14. The summed E-state index contributed by atoms with van der Waals surface area (Å²) in [7, 11) is 0. The Balaban J connectivity index is 2.46. The first-order chi connectivity index (χ1) is 7.18. The van der Waals surface area contributed by atoms with E-state index in [0.29, 0.717) is 5.56 Å². The third-order valence-corrected chi connectivity index (χ3v) is 1.87. The van der Waals surface area contributed by atoms with Crippen molar-refractivity contribution >= 4 is 5.97 Å². The van der Waals surface area contributed by atoms with Gasteiger partial charge in [0.15, 0.2) is 0 Å². The first kappa shape index (κ1) is 9.32. The number of pyridine rings is 1. The minimum atomic E-state index is -1.21. The summed E-state index contributed by atoms with van der Waals surface area (Å²) in [5.41, 5.74) is 1.53. The van der Waals surface area contributed by atoms with Crippen molar-refractivity contribution in [3.05, 3.63) is 29.8 Å². The standard InChI is InChI=1S/C9H7N3O3/c1-5-4-10-3-2-6(5)8-11-7(9(13)14)12-15-8/h2-4H,1H3,(H,13,14). The zero-order valence-corrected chi connectivity index (χ0v) is 7.84. The Morgan fingerprint density at radius 3 is 2.93 bits per heavy atom. The Kier molecular flexibility index (Phi) is 2.17. The Hall–Kier alpha value is -2.24. The number of carbonyl (C=O) groups is 1. The first-order valence-corrected chi connectivity index (χ1v) is 4.16. The maximum absolute atomic E-state index is 10.5. The Morgan fingerprint density at radius 1 is 1.53 bits per heavy atom. The van der Waals surface area contributed by atoms with Crippen LogP contribution in [0.5, 0.6) is 0 Å². The van der Waals surface area contributed by atoms with Gasteiger partial charge in [0.25, 0.3) is 11.7 Å². The van der Waals surface area contributed by atoms with Crippen LogP contribution in [-0.4, -0.2) is 26.2 Å². The number of aromatic nitrogens is 3. The van der Waals surface area contributed by atoms with Gasteiger partial charge in [-0.1, -0.05) is 0 Å². The molecule has 2 rings (SSSR count). The van der Waals surface area contributed by atoms with Crippen molar-refractivity contribution in [3.8, 4) is 11.5 Å². The largest absolute Gasteiger partial charge is 0.475 e. The summed E-state index contributed by atoms with van der Waals surface area (Å²) < 4.78 is 4.82. The van der Waals surface area contributed by atoms with Crippen LogP contribution in [0.3, 0.4) is 0 Å². The Labute approximate surface area is 84.6 Å². The van der Waals surface area contributed by atoms with Crippen LogP contribution in [0.15, 0.2) is 23.0 Å². The molecule has 0 radical (unpaired) electrons. The van der Waals surface area contributed by atoms with Gasteiger partial charge in [-0.3, -0.25) is 4.98 Å². The third kappa shape index (κ3) is 1.69. The summed E-state index contributed by atoms with van der Waals surface area (Å²) >= 11 is 0. The van der Waals surface area contributed by atoms with E-state index in [9.17, 15) is 4.79 Å². The van der Waals surface area contributed by atoms with Gasteiger partial charge in [-0.25, -0.2) is 4.79 Å². The van der Waals surface area contributed by atoms with Gasteiger partial charge < -0.3 is 9.63 Å². The van der Waals surface area contributed by atoms with Crippen LogP contribution in [0, 0.1) is 6.92 Å². The predicted molar refractivity (Wildman–Crippen MR) is 49.2 cm³/mol. The minimum absolute atomic E-state index is 0.187. The first-order valence-electron chi connectivity index (χ1n) is 4.16. The Bertz CT molecular complexity index is 507. The maximum Gasteiger partial charge on any atom is 0.377 e. The zero-order chi connectivity index (χ0) is 10.8. The lowest BCUT2D eigenvalue weighted by Gasteiger charge is -1.96. The van der Waals surface area contributed by atoms with Crippen molar-refractivity contribution in [2.24, 2.45) is 0 Å². The number of hydrogen-bond donors (Lipinski definition) is 1. The number of rotatable bonds is 2. The summed E-state index contributed by atoms with van der Waals surface area (Å²) in [6.07, 6.45) is 3.22. The van der Waals surface area contributed by atoms with Crippen LogP contribution < -0.4 is 0 Å². The summed E-state index contributed by atoms with van der Waals surface area (Å²) in [5, 5.41) is 11.9. The highest BCUT2D eigenvalue weighted by Crippen LogP contribution is 2.19. The quantitative estimate of drug-likeness (QED) is 0.790. The van der Waals surface area contributed by atoms with Crippen molar-refractivity contribution in [2.45, 2.75) is 6.92 Å². The highest BCUT2D eigenvalue weighted by Gasteiger charge is 2.15. The van der Waals surface area contributed by atoms with Gasteiger partial charge in [-0.2, -0.15) is 4.98 Å². The van der Waals surface area contributed by atoms with E-state index < -0.39 is 5.97 Å². The average molecular weight is 205 g/mol. The summed E-state index contributed by atoms with van der Waals surface area (Å²) in [5.74, 6) is -1.37. The molecule has 6 nitrogen and oxygen atoms in total. The fourth-order valence-corrected chi connectivity index (χ4v) is 1.13. The SMILES string of the molecule is Cc1cnccc1-c1nc(C(=O)O)no1. The highest BCUT2D eigenvalue weighted by molar-refractivity contribution is 5.83. The van der Waals surface area contributed by atoms with Gasteiger partial charge in [0.2, 0.25) is 0 Å². The van der Waals surface area contributed by atoms with Gasteiger partial charge in [-0.05, 0) is 23.7 Å². The molecule has 0 aromatic carbocycles. The molecule has 0 saturated carbocycles. The van der Waals surface area contributed by atoms with Crippen molar-refractivity contribution in [3.63, 3.8) is 0 Å². The van der Waals surface area contributed by atoms with Crippen molar-refractivity contribution < 1.29 is 14.4 Å². The van der Waals surface area contributed by atoms with Crippen molar-refractivity contribution in [1.82, 2.24) is 15.1 Å². The lowest BCUT2D eigenvalue weighted by Crippen LogP contribution is -1.98. The molecule has 0 amide bonds. The van der Waals surface area contributed by atoms with Crippen LogP contribution in [0.1, 0.15) is 16.2 Å². The lowest BCUT2D eigenvalue weighted by molar-refractivity contribution is 0.0680. The molecule has 0 unspecified atom stereocenters. The van der Waals surface area contributed by atoms with Crippen molar-refractivity contribution in [1.29, 1.82) is 0 Å². The number of carboxylic acids is 1. The van der Waals surface area contributed by atoms with Gasteiger partial charge in [0.05, 0.1) is 0 Å². The van der Waals surface area contributed by atoms with Crippen molar-refractivity contribution in [2.75, 3.05) is 0 Å². The monoisotopic (exact) mass is 205 g/mol.